The third-order valence-electron chi connectivity index (χ3n) is 2.53. The summed E-state index contributed by atoms with van der Waals surface area (Å²) < 4.78 is 10.8. The van der Waals surface area contributed by atoms with E-state index in [0.29, 0.717) is 24.2 Å². The van der Waals surface area contributed by atoms with Gasteiger partial charge in [0.05, 0.1) is 6.04 Å². The van der Waals surface area contributed by atoms with Crippen LogP contribution in [0.2, 0.25) is 0 Å². The van der Waals surface area contributed by atoms with Gasteiger partial charge in [0.2, 0.25) is 11.7 Å². The predicted molar refractivity (Wildman–Crippen MR) is 65.3 cm³/mol. The van der Waals surface area contributed by atoms with Gasteiger partial charge in [-0.2, -0.15) is 4.98 Å². The lowest BCUT2D eigenvalue weighted by molar-refractivity contribution is -0.0221. The first kappa shape index (κ1) is 14.1. The van der Waals surface area contributed by atoms with E-state index in [1.807, 2.05) is 20.8 Å². The molecule has 1 atom stereocenters. The molecule has 2 N–H and O–H groups in total. The Morgan fingerprint density at radius 2 is 2.06 bits per heavy atom. The highest BCUT2D eigenvalue weighted by Gasteiger charge is 2.28. The number of rotatable bonds is 6. The molecule has 0 amide bonds. The molecule has 0 bridgehead atoms. The first-order valence-corrected chi connectivity index (χ1v) is 6.10. The van der Waals surface area contributed by atoms with Crippen LogP contribution < -0.4 is 5.73 Å². The van der Waals surface area contributed by atoms with Crippen LogP contribution in [0.25, 0.3) is 0 Å². The molecule has 1 heterocycles. The molecule has 1 aromatic heterocycles. The van der Waals surface area contributed by atoms with Crippen LogP contribution in [0.15, 0.2) is 4.52 Å². The molecule has 0 saturated heterocycles. The van der Waals surface area contributed by atoms with E-state index < -0.39 is 5.60 Å². The zero-order chi connectivity index (χ0) is 13.1. The van der Waals surface area contributed by atoms with Gasteiger partial charge in [-0.05, 0) is 33.1 Å². The largest absolute Gasteiger partial charge is 0.368 e. The normalized spacial score (nSPS) is 14.3. The van der Waals surface area contributed by atoms with E-state index in [-0.39, 0.29) is 6.04 Å². The molecule has 5 heteroatoms. The van der Waals surface area contributed by atoms with E-state index in [1.54, 1.807) is 0 Å². The average Bonchev–Trinajstić information content (AvgIpc) is 2.65. The first-order valence-electron chi connectivity index (χ1n) is 6.10. The highest BCUT2D eigenvalue weighted by atomic mass is 16.5. The molecular formula is C12H23N3O2. The average molecular weight is 241 g/mol. The van der Waals surface area contributed by atoms with Crippen molar-refractivity contribution < 1.29 is 9.26 Å². The number of aromatic nitrogens is 2. The van der Waals surface area contributed by atoms with Crippen LogP contribution in [-0.4, -0.2) is 16.7 Å². The Kier molecular flexibility index (Phi) is 4.65. The molecule has 0 unspecified atom stereocenters. The van der Waals surface area contributed by atoms with Crippen LogP contribution >= 0.6 is 0 Å². The molecule has 98 valence electrons. The zero-order valence-corrected chi connectivity index (χ0v) is 11.4. The van der Waals surface area contributed by atoms with E-state index in [4.69, 9.17) is 15.0 Å². The Hall–Kier alpha value is -0.940. The zero-order valence-electron chi connectivity index (χ0n) is 11.4. The van der Waals surface area contributed by atoms with Gasteiger partial charge >= 0.3 is 0 Å². The second-order valence-corrected chi connectivity index (χ2v) is 5.14. The van der Waals surface area contributed by atoms with Crippen molar-refractivity contribution in [3.8, 4) is 0 Å². The molecule has 0 aromatic carbocycles. The van der Waals surface area contributed by atoms with Gasteiger partial charge in [0.1, 0.15) is 5.60 Å². The lowest BCUT2D eigenvalue weighted by atomic mass is 10.0. The Labute approximate surface area is 103 Å². The molecule has 0 saturated carbocycles. The SMILES string of the molecule is CCOC(C)(C)c1noc([C@@H](N)CC(C)C)n1. The van der Waals surface area contributed by atoms with Gasteiger partial charge in [-0.1, -0.05) is 19.0 Å². The summed E-state index contributed by atoms with van der Waals surface area (Å²) in [7, 11) is 0. The summed E-state index contributed by atoms with van der Waals surface area (Å²) in [5, 5.41) is 3.94. The monoisotopic (exact) mass is 241 g/mol. The predicted octanol–water partition coefficient (Wildman–Crippen LogP) is 2.39. The van der Waals surface area contributed by atoms with Crippen molar-refractivity contribution >= 4 is 0 Å². The van der Waals surface area contributed by atoms with E-state index in [0.717, 1.165) is 6.42 Å². The maximum atomic E-state index is 5.99. The Balaban J connectivity index is 2.77. The maximum absolute atomic E-state index is 5.99. The van der Waals surface area contributed by atoms with Crippen LogP contribution in [0, 0.1) is 5.92 Å². The molecule has 1 rings (SSSR count). The van der Waals surface area contributed by atoms with Crippen molar-refractivity contribution in [2.75, 3.05) is 6.61 Å². The number of nitrogens with zero attached hydrogens (tertiary/aromatic N) is 2. The molecule has 0 aliphatic heterocycles. The van der Waals surface area contributed by atoms with Crippen LogP contribution in [0.5, 0.6) is 0 Å². The Bertz CT molecular complexity index is 347. The Morgan fingerprint density at radius 1 is 1.41 bits per heavy atom. The van der Waals surface area contributed by atoms with Crippen LogP contribution in [-0.2, 0) is 10.3 Å². The van der Waals surface area contributed by atoms with Crippen molar-refractivity contribution in [3.63, 3.8) is 0 Å². The summed E-state index contributed by atoms with van der Waals surface area (Å²) >= 11 is 0. The van der Waals surface area contributed by atoms with Crippen molar-refractivity contribution in [1.82, 2.24) is 10.1 Å². The van der Waals surface area contributed by atoms with Gasteiger partial charge in [-0.25, -0.2) is 0 Å². The van der Waals surface area contributed by atoms with Crippen molar-refractivity contribution in [2.45, 2.75) is 52.7 Å². The van der Waals surface area contributed by atoms with E-state index in [1.165, 1.54) is 0 Å². The molecule has 1 aromatic rings. The van der Waals surface area contributed by atoms with Gasteiger partial charge in [0.25, 0.3) is 0 Å². The highest BCUT2D eigenvalue weighted by Crippen LogP contribution is 2.24. The lowest BCUT2D eigenvalue weighted by Crippen LogP contribution is -2.23. The van der Waals surface area contributed by atoms with Crippen molar-refractivity contribution in [2.24, 2.45) is 11.7 Å². The summed E-state index contributed by atoms with van der Waals surface area (Å²) in [5.74, 6) is 1.54. The topological polar surface area (TPSA) is 74.2 Å². The molecule has 5 nitrogen and oxygen atoms in total. The molecule has 0 aliphatic rings. The first-order chi connectivity index (χ1) is 7.86. The van der Waals surface area contributed by atoms with E-state index in [2.05, 4.69) is 24.0 Å². The minimum atomic E-state index is -0.534. The molecular weight excluding hydrogens is 218 g/mol. The van der Waals surface area contributed by atoms with Gasteiger partial charge in [-0.3, -0.25) is 0 Å². The lowest BCUT2D eigenvalue weighted by Gasteiger charge is -2.19. The minimum absolute atomic E-state index is 0.200. The fourth-order valence-electron chi connectivity index (χ4n) is 1.66. The van der Waals surface area contributed by atoms with Gasteiger partial charge in [0.15, 0.2) is 0 Å². The number of hydrogen-bond donors (Lipinski definition) is 1. The second kappa shape index (κ2) is 5.60. The van der Waals surface area contributed by atoms with E-state index >= 15 is 0 Å². The fraction of sp³-hybridized carbons (Fsp3) is 0.833. The summed E-state index contributed by atoms with van der Waals surface area (Å²) in [4.78, 5) is 4.33. The molecule has 17 heavy (non-hydrogen) atoms. The maximum Gasteiger partial charge on any atom is 0.243 e. The van der Waals surface area contributed by atoms with Gasteiger partial charge in [0, 0.05) is 6.61 Å². The van der Waals surface area contributed by atoms with Crippen LogP contribution in [0.4, 0.5) is 0 Å². The van der Waals surface area contributed by atoms with Gasteiger partial charge < -0.3 is 15.0 Å². The molecule has 0 radical (unpaired) electrons. The summed E-state index contributed by atoms with van der Waals surface area (Å²) in [5.41, 5.74) is 5.46. The minimum Gasteiger partial charge on any atom is -0.368 e. The number of hydrogen-bond acceptors (Lipinski definition) is 5. The summed E-state index contributed by atoms with van der Waals surface area (Å²) in [6.45, 7) is 10.6. The van der Waals surface area contributed by atoms with Gasteiger partial charge in [-0.15, -0.1) is 0 Å². The molecule has 0 spiro atoms. The Morgan fingerprint density at radius 3 is 2.59 bits per heavy atom. The second-order valence-electron chi connectivity index (χ2n) is 5.14. The summed E-state index contributed by atoms with van der Waals surface area (Å²) in [6, 6.07) is -0.200. The highest BCUT2D eigenvalue weighted by molar-refractivity contribution is 4.99. The smallest absolute Gasteiger partial charge is 0.243 e. The summed E-state index contributed by atoms with van der Waals surface area (Å²) in [6.07, 6.45) is 0.830. The molecule has 0 aliphatic carbocycles. The number of ether oxygens (including phenoxy) is 1. The standard InChI is InChI=1S/C12H23N3O2/c1-6-16-12(4,5)11-14-10(17-15-11)9(13)7-8(2)3/h8-9H,6-7,13H2,1-5H3/t9-/m0/s1. The number of nitrogens with two attached hydrogens (primary N) is 1. The van der Waals surface area contributed by atoms with Crippen molar-refractivity contribution in [1.29, 1.82) is 0 Å². The molecule has 0 fully saturated rings. The fourth-order valence-corrected chi connectivity index (χ4v) is 1.66. The van der Waals surface area contributed by atoms with Crippen LogP contribution in [0.1, 0.15) is 58.8 Å². The third kappa shape index (κ3) is 3.78. The van der Waals surface area contributed by atoms with E-state index in [9.17, 15) is 0 Å². The van der Waals surface area contributed by atoms with Crippen molar-refractivity contribution in [3.05, 3.63) is 11.7 Å². The third-order valence-corrected chi connectivity index (χ3v) is 2.53. The quantitative estimate of drug-likeness (QED) is 0.827. The van der Waals surface area contributed by atoms with Crippen LogP contribution in [0.3, 0.4) is 0 Å².